The smallest absolute Gasteiger partial charge is 0.164 e. The highest BCUT2D eigenvalue weighted by molar-refractivity contribution is 5.14. The predicted octanol–water partition coefficient (Wildman–Crippen LogP) is 3.30. The van der Waals surface area contributed by atoms with Crippen molar-refractivity contribution in [1.82, 2.24) is 0 Å². The van der Waals surface area contributed by atoms with Crippen LogP contribution in [0.1, 0.15) is 25.8 Å². The van der Waals surface area contributed by atoms with Crippen molar-refractivity contribution in [2.75, 3.05) is 6.61 Å². The van der Waals surface area contributed by atoms with E-state index in [1.807, 2.05) is 32.0 Å². The second-order valence-corrected chi connectivity index (χ2v) is 5.94. The van der Waals surface area contributed by atoms with Crippen LogP contribution in [0.2, 0.25) is 0 Å². The van der Waals surface area contributed by atoms with Crippen LogP contribution >= 0.6 is 0 Å². The highest BCUT2D eigenvalue weighted by Gasteiger charge is 2.45. The maximum atomic E-state index is 5.96. The van der Waals surface area contributed by atoms with Crippen molar-refractivity contribution in [2.24, 2.45) is 5.92 Å². The van der Waals surface area contributed by atoms with E-state index in [-0.39, 0.29) is 12.2 Å². The molecule has 0 N–H and O–H groups in total. The fourth-order valence-electron chi connectivity index (χ4n) is 2.90. The standard InChI is InChI=1S/C17H22O3/c1-17(2)19-15-9-8-14(16(15)20-17)10-11-18-12-13-6-4-3-5-7-13/h3-9,14-16H,10-12H2,1-2H3/t14-,15+,16-/m0/s1. The third-order valence-corrected chi connectivity index (χ3v) is 3.84. The monoisotopic (exact) mass is 274 g/mol. The van der Waals surface area contributed by atoms with Crippen molar-refractivity contribution in [2.45, 2.75) is 44.9 Å². The van der Waals surface area contributed by atoms with Crippen LogP contribution < -0.4 is 0 Å². The van der Waals surface area contributed by atoms with Gasteiger partial charge in [-0.05, 0) is 25.8 Å². The first kappa shape index (κ1) is 13.8. The number of benzene rings is 1. The molecule has 1 saturated heterocycles. The van der Waals surface area contributed by atoms with Crippen LogP contribution in [0.15, 0.2) is 42.5 Å². The lowest BCUT2D eigenvalue weighted by molar-refractivity contribution is -0.148. The third-order valence-electron chi connectivity index (χ3n) is 3.84. The van der Waals surface area contributed by atoms with Crippen molar-refractivity contribution in [3.8, 4) is 0 Å². The molecule has 0 amide bonds. The Hall–Kier alpha value is -1.16. The van der Waals surface area contributed by atoms with E-state index >= 15 is 0 Å². The first-order valence-electron chi connectivity index (χ1n) is 7.30. The van der Waals surface area contributed by atoms with E-state index in [0.29, 0.717) is 12.5 Å². The summed E-state index contributed by atoms with van der Waals surface area (Å²) in [5.74, 6) is -0.0546. The van der Waals surface area contributed by atoms with Crippen LogP contribution in [0, 0.1) is 5.92 Å². The minimum atomic E-state index is -0.455. The van der Waals surface area contributed by atoms with E-state index in [2.05, 4.69) is 24.3 Å². The van der Waals surface area contributed by atoms with Gasteiger partial charge in [-0.3, -0.25) is 0 Å². The summed E-state index contributed by atoms with van der Waals surface area (Å²) in [4.78, 5) is 0. The molecular formula is C17H22O3. The van der Waals surface area contributed by atoms with E-state index in [1.54, 1.807) is 0 Å². The minimum absolute atomic E-state index is 0.115. The topological polar surface area (TPSA) is 27.7 Å². The highest BCUT2D eigenvalue weighted by Crippen LogP contribution is 2.38. The number of fused-ring (bicyclic) bond motifs is 1. The molecular weight excluding hydrogens is 252 g/mol. The van der Waals surface area contributed by atoms with Gasteiger partial charge in [0.2, 0.25) is 0 Å². The Morgan fingerprint density at radius 3 is 2.70 bits per heavy atom. The maximum Gasteiger partial charge on any atom is 0.164 e. The zero-order valence-electron chi connectivity index (χ0n) is 12.1. The maximum absolute atomic E-state index is 5.96. The Morgan fingerprint density at radius 1 is 1.10 bits per heavy atom. The molecule has 0 unspecified atom stereocenters. The van der Waals surface area contributed by atoms with E-state index in [4.69, 9.17) is 14.2 Å². The molecule has 1 aliphatic heterocycles. The fourth-order valence-corrected chi connectivity index (χ4v) is 2.90. The van der Waals surface area contributed by atoms with Gasteiger partial charge >= 0.3 is 0 Å². The van der Waals surface area contributed by atoms with Crippen LogP contribution in [0.25, 0.3) is 0 Å². The molecule has 3 rings (SSSR count). The Kier molecular flexibility index (Phi) is 3.92. The average Bonchev–Trinajstić information content (AvgIpc) is 2.92. The van der Waals surface area contributed by atoms with Crippen LogP contribution in [0.4, 0.5) is 0 Å². The molecule has 20 heavy (non-hydrogen) atoms. The number of hydrogen-bond acceptors (Lipinski definition) is 3. The van der Waals surface area contributed by atoms with E-state index in [1.165, 1.54) is 5.56 Å². The summed E-state index contributed by atoms with van der Waals surface area (Å²) in [6, 6.07) is 10.3. The summed E-state index contributed by atoms with van der Waals surface area (Å²) >= 11 is 0. The van der Waals surface area contributed by atoms with E-state index in [9.17, 15) is 0 Å². The molecule has 1 fully saturated rings. The third kappa shape index (κ3) is 3.11. The van der Waals surface area contributed by atoms with Crippen LogP contribution in [-0.4, -0.2) is 24.6 Å². The largest absolute Gasteiger partial charge is 0.377 e. The highest BCUT2D eigenvalue weighted by atomic mass is 16.8. The lowest BCUT2D eigenvalue weighted by Gasteiger charge is -2.20. The second kappa shape index (κ2) is 5.68. The first-order chi connectivity index (χ1) is 9.64. The molecule has 0 spiro atoms. The quantitative estimate of drug-likeness (QED) is 0.609. The summed E-state index contributed by atoms with van der Waals surface area (Å²) in [5.41, 5.74) is 1.22. The van der Waals surface area contributed by atoms with Crippen molar-refractivity contribution < 1.29 is 14.2 Å². The summed E-state index contributed by atoms with van der Waals surface area (Å²) in [6.45, 7) is 5.37. The van der Waals surface area contributed by atoms with Gasteiger partial charge in [0, 0.05) is 12.5 Å². The van der Waals surface area contributed by atoms with Gasteiger partial charge in [-0.2, -0.15) is 0 Å². The zero-order chi connectivity index (χ0) is 14.0. The van der Waals surface area contributed by atoms with Gasteiger partial charge in [0.15, 0.2) is 5.79 Å². The summed E-state index contributed by atoms with van der Waals surface area (Å²) in [7, 11) is 0. The van der Waals surface area contributed by atoms with Gasteiger partial charge < -0.3 is 14.2 Å². The van der Waals surface area contributed by atoms with Crippen molar-refractivity contribution in [3.63, 3.8) is 0 Å². The summed E-state index contributed by atoms with van der Waals surface area (Å²) < 4.78 is 17.5. The Labute approximate surface area is 120 Å². The molecule has 0 saturated carbocycles. The van der Waals surface area contributed by atoms with Crippen LogP contribution in [-0.2, 0) is 20.8 Å². The number of ether oxygens (including phenoxy) is 3. The van der Waals surface area contributed by atoms with E-state index in [0.717, 1.165) is 13.0 Å². The van der Waals surface area contributed by atoms with Gasteiger partial charge in [0.1, 0.15) is 6.10 Å². The summed E-state index contributed by atoms with van der Waals surface area (Å²) in [5, 5.41) is 0. The van der Waals surface area contributed by atoms with Crippen LogP contribution in [0.3, 0.4) is 0 Å². The molecule has 3 heteroatoms. The van der Waals surface area contributed by atoms with Gasteiger partial charge in [-0.1, -0.05) is 42.5 Å². The average molecular weight is 274 g/mol. The Bertz CT molecular complexity index is 466. The number of hydrogen-bond donors (Lipinski definition) is 0. The molecule has 0 radical (unpaired) electrons. The van der Waals surface area contributed by atoms with Gasteiger partial charge in [-0.15, -0.1) is 0 Å². The molecule has 1 aliphatic carbocycles. The van der Waals surface area contributed by atoms with Gasteiger partial charge in [-0.25, -0.2) is 0 Å². The molecule has 0 bridgehead atoms. The number of rotatable bonds is 5. The molecule has 1 aromatic rings. The van der Waals surface area contributed by atoms with Gasteiger partial charge in [0.05, 0.1) is 12.7 Å². The lowest BCUT2D eigenvalue weighted by Crippen LogP contribution is -2.26. The molecule has 1 aromatic carbocycles. The molecule has 1 heterocycles. The zero-order valence-corrected chi connectivity index (χ0v) is 12.1. The van der Waals surface area contributed by atoms with Crippen LogP contribution in [0.5, 0.6) is 0 Å². The molecule has 108 valence electrons. The van der Waals surface area contributed by atoms with E-state index < -0.39 is 5.79 Å². The predicted molar refractivity (Wildman–Crippen MR) is 77.2 cm³/mol. The normalized spacial score (nSPS) is 30.6. The minimum Gasteiger partial charge on any atom is -0.377 e. The SMILES string of the molecule is CC1(C)O[C@H]2[C@H](CCOCc3ccccc3)C=C[C@H]2O1. The first-order valence-corrected chi connectivity index (χ1v) is 7.30. The van der Waals surface area contributed by atoms with Gasteiger partial charge in [0.25, 0.3) is 0 Å². The molecule has 0 aromatic heterocycles. The molecule has 2 aliphatic rings. The van der Waals surface area contributed by atoms with Crippen molar-refractivity contribution >= 4 is 0 Å². The Morgan fingerprint density at radius 2 is 1.90 bits per heavy atom. The van der Waals surface area contributed by atoms with Crippen molar-refractivity contribution in [3.05, 3.63) is 48.0 Å². The second-order valence-electron chi connectivity index (χ2n) is 5.94. The molecule has 3 nitrogen and oxygen atoms in total. The lowest BCUT2D eigenvalue weighted by atomic mass is 10.0. The Balaban J connectivity index is 1.43. The summed E-state index contributed by atoms with van der Waals surface area (Å²) in [6.07, 6.45) is 5.58. The van der Waals surface area contributed by atoms with Crippen molar-refractivity contribution in [1.29, 1.82) is 0 Å². The molecule has 3 atom stereocenters. The fraction of sp³-hybridized carbons (Fsp3) is 0.529.